The van der Waals surface area contributed by atoms with Gasteiger partial charge in [0.2, 0.25) is 5.91 Å². The minimum Gasteiger partial charge on any atom is -0.372 e. The monoisotopic (exact) mass is 486 g/mol. The number of hydrogen-bond acceptors (Lipinski definition) is 4. The molecule has 0 aromatic heterocycles. The van der Waals surface area contributed by atoms with Crippen molar-refractivity contribution >= 4 is 17.6 Å². The fourth-order valence-corrected chi connectivity index (χ4v) is 7.42. The fourth-order valence-electron chi connectivity index (χ4n) is 7.42. The summed E-state index contributed by atoms with van der Waals surface area (Å²) in [4.78, 5) is 26.8. The van der Waals surface area contributed by atoms with Crippen molar-refractivity contribution in [2.45, 2.75) is 83.1 Å². The molecule has 1 heterocycles. The zero-order valence-corrected chi connectivity index (χ0v) is 20.9. The number of rotatable bonds is 7. The molecule has 6 rings (SSSR count). The second kappa shape index (κ2) is 9.96. The Morgan fingerprint density at radius 3 is 2.26 bits per heavy atom. The van der Waals surface area contributed by atoms with Crippen molar-refractivity contribution in [2.75, 3.05) is 24.5 Å². The van der Waals surface area contributed by atoms with Crippen molar-refractivity contribution in [3.05, 3.63) is 29.6 Å². The third-order valence-corrected chi connectivity index (χ3v) is 8.32. The van der Waals surface area contributed by atoms with Crippen molar-refractivity contribution in [3.8, 4) is 0 Å². The predicted octanol–water partition coefficient (Wildman–Crippen LogP) is 3.71. The molecule has 4 bridgehead atoms. The number of carbonyl (C=O) groups excluding carboxylic acids is 2. The number of amides is 3. The molecule has 5 aliphatic rings. The summed E-state index contributed by atoms with van der Waals surface area (Å²) in [7, 11) is 0. The first kappa shape index (κ1) is 24.3. The molecule has 1 aromatic carbocycles. The van der Waals surface area contributed by atoms with E-state index in [1.807, 2.05) is 24.8 Å². The van der Waals surface area contributed by atoms with Gasteiger partial charge in [-0.05, 0) is 87.8 Å². The van der Waals surface area contributed by atoms with Crippen LogP contribution >= 0.6 is 0 Å². The Hall–Kier alpha value is -2.35. The normalized spacial score (nSPS) is 33.5. The largest absolute Gasteiger partial charge is 0.372 e. The maximum Gasteiger partial charge on any atom is 0.315 e. The van der Waals surface area contributed by atoms with E-state index in [9.17, 15) is 14.0 Å². The molecule has 192 valence electrons. The van der Waals surface area contributed by atoms with Gasteiger partial charge in [-0.3, -0.25) is 4.79 Å². The minimum atomic E-state index is -0.291. The number of nitrogens with one attached hydrogen (secondary N) is 3. The minimum absolute atomic E-state index is 0.0331. The summed E-state index contributed by atoms with van der Waals surface area (Å²) in [6.45, 7) is 5.83. The van der Waals surface area contributed by atoms with Crippen LogP contribution in [0.15, 0.2) is 18.2 Å². The quantitative estimate of drug-likeness (QED) is 0.549. The molecule has 5 fully saturated rings. The summed E-state index contributed by atoms with van der Waals surface area (Å²) in [5.74, 6) is 1.85. The molecule has 35 heavy (non-hydrogen) atoms. The summed E-state index contributed by atoms with van der Waals surface area (Å²) < 4.78 is 20.5. The van der Waals surface area contributed by atoms with Gasteiger partial charge in [-0.2, -0.15) is 0 Å². The molecule has 8 heteroatoms. The SMILES string of the molecule is CC1CN(c2ccc(CNC(=O)CCNC(=O)NC34CC5CC(CC(C5)C3)C4)cc2F)CC(C)O1. The molecule has 7 nitrogen and oxygen atoms in total. The number of urea groups is 1. The van der Waals surface area contributed by atoms with Gasteiger partial charge in [0, 0.05) is 38.1 Å². The summed E-state index contributed by atoms with van der Waals surface area (Å²) in [6.07, 6.45) is 7.62. The number of ether oxygens (including phenoxy) is 1. The first-order chi connectivity index (χ1) is 16.8. The van der Waals surface area contributed by atoms with Crippen LogP contribution in [0, 0.1) is 23.6 Å². The number of benzene rings is 1. The Morgan fingerprint density at radius 1 is 1.03 bits per heavy atom. The van der Waals surface area contributed by atoms with Crippen LogP contribution in [0.5, 0.6) is 0 Å². The van der Waals surface area contributed by atoms with Crippen LogP contribution in [0.2, 0.25) is 0 Å². The summed E-state index contributed by atoms with van der Waals surface area (Å²) >= 11 is 0. The summed E-state index contributed by atoms with van der Waals surface area (Å²) in [6, 6.07) is 4.94. The molecule has 2 unspecified atom stereocenters. The van der Waals surface area contributed by atoms with E-state index >= 15 is 0 Å². The van der Waals surface area contributed by atoms with Crippen LogP contribution in [-0.2, 0) is 16.1 Å². The lowest BCUT2D eigenvalue weighted by atomic mass is 9.53. The maximum absolute atomic E-state index is 14.8. The lowest BCUT2D eigenvalue weighted by molar-refractivity contribution is -0.121. The number of anilines is 1. The number of nitrogens with zero attached hydrogens (tertiary/aromatic N) is 1. The van der Waals surface area contributed by atoms with Crippen LogP contribution in [0.4, 0.5) is 14.9 Å². The lowest BCUT2D eigenvalue weighted by Gasteiger charge is -2.56. The van der Waals surface area contributed by atoms with Gasteiger partial charge in [0.15, 0.2) is 0 Å². The number of carbonyl (C=O) groups is 2. The number of hydrogen-bond donors (Lipinski definition) is 3. The maximum atomic E-state index is 14.8. The van der Waals surface area contributed by atoms with Gasteiger partial charge in [0.1, 0.15) is 5.82 Å². The second-order valence-corrected chi connectivity index (χ2v) is 11.6. The molecular formula is C27H39FN4O3. The van der Waals surface area contributed by atoms with Crippen molar-refractivity contribution in [2.24, 2.45) is 17.8 Å². The van der Waals surface area contributed by atoms with Gasteiger partial charge in [-0.1, -0.05) is 6.07 Å². The van der Waals surface area contributed by atoms with Gasteiger partial charge < -0.3 is 25.6 Å². The Labute approximate surface area is 207 Å². The van der Waals surface area contributed by atoms with Crippen LogP contribution in [0.25, 0.3) is 0 Å². The van der Waals surface area contributed by atoms with E-state index in [2.05, 4.69) is 16.0 Å². The average Bonchev–Trinajstić information content (AvgIpc) is 2.75. The van der Waals surface area contributed by atoms with E-state index in [0.29, 0.717) is 24.3 Å². The first-order valence-electron chi connectivity index (χ1n) is 13.3. The van der Waals surface area contributed by atoms with E-state index in [-0.39, 0.29) is 55.0 Å². The highest BCUT2D eigenvalue weighted by molar-refractivity contribution is 5.78. The standard InChI is InChI=1S/C27H39FN4O3/c1-17-15-32(16-18(2)35-17)24-4-3-19(10-23(24)28)14-30-25(33)5-6-29-26(34)31-27-11-20-7-21(12-27)9-22(8-20)13-27/h3-4,10,17-18,20-22H,5-9,11-16H2,1-2H3,(H,30,33)(H2,29,31,34). The number of morpholine rings is 1. The second-order valence-electron chi connectivity index (χ2n) is 11.6. The third-order valence-electron chi connectivity index (χ3n) is 8.32. The molecule has 1 aromatic rings. The van der Waals surface area contributed by atoms with E-state index in [0.717, 1.165) is 37.0 Å². The number of halogens is 1. The zero-order valence-electron chi connectivity index (χ0n) is 20.9. The highest BCUT2D eigenvalue weighted by Gasteiger charge is 2.51. The molecule has 1 saturated heterocycles. The predicted molar refractivity (Wildman–Crippen MR) is 133 cm³/mol. The van der Waals surface area contributed by atoms with E-state index in [4.69, 9.17) is 4.74 Å². The topological polar surface area (TPSA) is 82.7 Å². The van der Waals surface area contributed by atoms with Gasteiger partial charge in [0.05, 0.1) is 17.9 Å². The van der Waals surface area contributed by atoms with Crippen LogP contribution in [0.3, 0.4) is 0 Å². The Balaban J connectivity index is 1.03. The molecule has 1 aliphatic heterocycles. The van der Waals surface area contributed by atoms with Crippen LogP contribution in [0.1, 0.15) is 64.4 Å². The van der Waals surface area contributed by atoms with Gasteiger partial charge in [-0.25, -0.2) is 9.18 Å². The van der Waals surface area contributed by atoms with Gasteiger partial charge in [-0.15, -0.1) is 0 Å². The van der Waals surface area contributed by atoms with Crippen molar-refractivity contribution in [1.29, 1.82) is 0 Å². The molecule has 4 aliphatic carbocycles. The average molecular weight is 487 g/mol. The summed E-state index contributed by atoms with van der Waals surface area (Å²) in [5, 5.41) is 8.95. The van der Waals surface area contributed by atoms with E-state index in [1.54, 1.807) is 6.07 Å². The lowest BCUT2D eigenvalue weighted by Crippen LogP contribution is -2.61. The third kappa shape index (κ3) is 5.74. The summed E-state index contributed by atoms with van der Waals surface area (Å²) in [5.41, 5.74) is 1.24. The highest BCUT2D eigenvalue weighted by Crippen LogP contribution is 2.55. The molecule has 3 N–H and O–H groups in total. The van der Waals surface area contributed by atoms with Crippen molar-refractivity contribution in [1.82, 2.24) is 16.0 Å². The Morgan fingerprint density at radius 2 is 1.66 bits per heavy atom. The van der Waals surface area contributed by atoms with E-state index < -0.39 is 0 Å². The highest BCUT2D eigenvalue weighted by atomic mass is 19.1. The van der Waals surface area contributed by atoms with E-state index in [1.165, 1.54) is 25.3 Å². The molecular weight excluding hydrogens is 447 g/mol. The zero-order chi connectivity index (χ0) is 24.6. The Kier molecular flexibility index (Phi) is 6.93. The first-order valence-corrected chi connectivity index (χ1v) is 13.3. The molecule has 0 spiro atoms. The van der Waals surface area contributed by atoms with Gasteiger partial charge in [0.25, 0.3) is 0 Å². The smallest absolute Gasteiger partial charge is 0.315 e. The van der Waals surface area contributed by atoms with Crippen molar-refractivity contribution < 1.29 is 18.7 Å². The molecule has 0 radical (unpaired) electrons. The molecule has 3 amide bonds. The van der Waals surface area contributed by atoms with Crippen LogP contribution < -0.4 is 20.9 Å². The van der Waals surface area contributed by atoms with Crippen LogP contribution in [-0.4, -0.2) is 49.3 Å². The van der Waals surface area contributed by atoms with Crippen molar-refractivity contribution in [3.63, 3.8) is 0 Å². The molecule has 4 saturated carbocycles. The fraction of sp³-hybridized carbons (Fsp3) is 0.704. The van der Waals surface area contributed by atoms with Gasteiger partial charge >= 0.3 is 6.03 Å². The Bertz CT molecular complexity index is 909. The molecule has 2 atom stereocenters.